The first-order valence-corrected chi connectivity index (χ1v) is 5.89. The molecule has 0 aliphatic carbocycles. The van der Waals surface area contributed by atoms with E-state index in [4.69, 9.17) is 5.73 Å². The Balaban J connectivity index is 2.28. The molecule has 2 N–H and O–H groups in total. The molecule has 0 fully saturated rings. The van der Waals surface area contributed by atoms with E-state index in [2.05, 4.69) is 26.0 Å². The summed E-state index contributed by atoms with van der Waals surface area (Å²) in [6, 6.07) is 7.70. The molecule has 84 valence electrons. The number of hydrogen-bond acceptors (Lipinski definition) is 3. The molecule has 2 heterocycles. The van der Waals surface area contributed by atoms with Crippen molar-refractivity contribution in [3.63, 3.8) is 0 Å². The average Bonchev–Trinajstić information content (AvgIpc) is 2.77. The summed E-state index contributed by atoms with van der Waals surface area (Å²) >= 11 is 3.37. The first-order valence-electron chi connectivity index (χ1n) is 5.09. The third-order valence-electron chi connectivity index (χ3n) is 2.60. The van der Waals surface area contributed by atoms with Crippen LogP contribution in [0.4, 0.5) is 5.69 Å². The van der Waals surface area contributed by atoms with Crippen LogP contribution in [0.5, 0.6) is 0 Å². The minimum atomic E-state index is 0.686. The summed E-state index contributed by atoms with van der Waals surface area (Å²) in [7, 11) is 0. The largest absolute Gasteiger partial charge is 0.396 e. The van der Waals surface area contributed by atoms with Crippen molar-refractivity contribution >= 4 is 32.5 Å². The third-order valence-corrected chi connectivity index (χ3v) is 3.01. The Kier molecular flexibility index (Phi) is 2.33. The van der Waals surface area contributed by atoms with E-state index >= 15 is 0 Å². The molecule has 2 aromatic heterocycles. The van der Waals surface area contributed by atoms with Crippen molar-refractivity contribution in [1.29, 1.82) is 0 Å². The second kappa shape index (κ2) is 3.85. The maximum Gasteiger partial charge on any atom is 0.0883 e. The van der Waals surface area contributed by atoms with Gasteiger partial charge in [0.25, 0.3) is 0 Å². The van der Waals surface area contributed by atoms with Gasteiger partial charge in [-0.3, -0.25) is 4.98 Å². The van der Waals surface area contributed by atoms with Crippen LogP contribution in [0.15, 0.2) is 47.3 Å². The van der Waals surface area contributed by atoms with E-state index in [0.717, 1.165) is 21.1 Å². The lowest BCUT2D eigenvalue weighted by Crippen LogP contribution is -2.01. The number of nitrogen functional groups attached to an aromatic ring is 1. The van der Waals surface area contributed by atoms with E-state index in [9.17, 15) is 0 Å². The van der Waals surface area contributed by atoms with E-state index in [1.165, 1.54) is 0 Å². The van der Waals surface area contributed by atoms with Crippen LogP contribution in [0.25, 0.3) is 16.6 Å². The molecule has 0 saturated heterocycles. The first kappa shape index (κ1) is 10.3. The zero-order chi connectivity index (χ0) is 11.8. The summed E-state index contributed by atoms with van der Waals surface area (Å²) in [5.41, 5.74) is 8.58. The van der Waals surface area contributed by atoms with Crippen LogP contribution in [0, 0.1) is 0 Å². The van der Waals surface area contributed by atoms with Gasteiger partial charge in [-0.2, -0.15) is 5.10 Å². The van der Waals surface area contributed by atoms with Gasteiger partial charge in [-0.25, -0.2) is 4.68 Å². The van der Waals surface area contributed by atoms with E-state index in [1.54, 1.807) is 17.1 Å². The topological polar surface area (TPSA) is 56.7 Å². The van der Waals surface area contributed by atoms with E-state index in [1.807, 2.05) is 30.5 Å². The lowest BCUT2D eigenvalue weighted by atomic mass is 10.1. The summed E-state index contributed by atoms with van der Waals surface area (Å²) in [6.07, 6.45) is 5.35. The van der Waals surface area contributed by atoms with Gasteiger partial charge in [0.1, 0.15) is 0 Å². The maximum atomic E-state index is 6.14. The van der Waals surface area contributed by atoms with Crippen molar-refractivity contribution in [1.82, 2.24) is 14.8 Å². The molecular formula is C12H9BrN4. The van der Waals surface area contributed by atoms with Crippen LogP contribution in [-0.2, 0) is 0 Å². The molecule has 0 radical (unpaired) electrons. The normalized spacial score (nSPS) is 10.9. The summed E-state index contributed by atoms with van der Waals surface area (Å²) in [4.78, 5) is 4.26. The molecule has 0 aliphatic rings. The minimum Gasteiger partial charge on any atom is -0.396 e. The summed E-state index contributed by atoms with van der Waals surface area (Å²) in [6.45, 7) is 0. The highest BCUT2D eigenvalue weighted by Gasteiger charge is 2.07. The molecule has 0 spiro atoms. The second-order valence-corrected chi connectivity index (χ2v) is 4.59. The van der Waals surface area contributed by atoms with Crippen LogP contribution in [0.1, 0.15) is 0 Å². The molecule has 0 unspecified atom stereocenters. The molecule has 3 rings (SSSR count). The monoisotopic (exact) mass is 288 g/mol. The molecule has 4 nitrogen and oxygen atoms in total. The number of pyridine rings is 1. The molecule has 0 amide bonds. The minimum absolute atomic E-state index is 0.686. The van der Waals surface area contributed by atoms with Gasteiger partial charge in [-0.05, 0) is 40.2 Å². The van der Waals surface area contributed by atoms with Gasteiger partial charge in [-0.15, -0.1) is 0 Å². The van der Waals surface area contributed by atoms with Crippen LogP contribution in [0.2, 0.25) is 0 Å². The quantitative estimate of drug-likeness (QED) is 0.701. The number of benzene rings is 1. The van der Waals surface area contributed by atoms with Crippen molar-refractivity contribution in [2.24, 2.45) is 0 Å². The molecule has 0 atom stereocenters. The van der Waals surface area contributed by atoms with Crippen LogP contribution in [-0.4, -0.2) is 14.8 Å². The number of hydrogen-bond donors (Lipinski definition) is 1. The zero-order valence-corrected chi connectivity index (χ0v) is 10.4. The Hall–Kier alpha value is -1.88. The highest BCUT2D eigenvalue weighted by Crippen LogP contribution is 2.26. The van der Waals surface area contributed by atoms with E-state index in [-0.39, 0.29) is 0 Å². The number of anilines is 1. The molecule has 0 saturated carbocycles. The lowest BCUT2D eigenvalue weighted by molar-refractivity contribution is 0.884. The molecule has 17 heavy (non-hydrogen) atoms. The van der Waals surface area contributed by atoms with Gasteiger partial charge in [0.2, 0.25) is 0 Å². The fourth-order valence-corrected chi connectivity index (χ4v) is 2.08. The first-order chi connectivity index (χ1) is 8.25. The number of halogens is 1. The number of nitrogens with two attached hydrogens (primary N) is 1. The lowest BCUT2D eigenvalue weighted by Gasteiger charge is -2.08. The van der Waals surface area contributed by atoms with Crippen molar-refractivity contribution in [2.75, 3.05) is 5.73 Å². The Morgan fingerprint density at radius 3 is 2.88 bits per heavy atom. The Morgan fingerprint density at radius 2 is 2.12 bits per heavy atom. The van der Waals surface area contributed by atoms with Gasteiger partial charge in [0, 0.05) is 17.8 Å². The fraction of sp³-hybridized carbons (Fsp3) is 0. The SMILES string of the molecule is Nc1c(-n2cc(Br)cn2)ccc2ncccc12. The number of nitrogens with zero attached hydrogens (tertiary/aromatic N) is 3. The molecule has 1 aromatic carbocycles. The highest BCUT2D eigenvalue weighted by molar-refractivity contribution is 9.10. The summed E-state index contributed by atoms with van der Waals surface area (Å²) < 4.78 is 2.66. The molecule has 0 bridgehead atoms. The Bertz CT molecular complexity index is 690. The van der Waals surface area contributed by atoms with Gasteiger partial charge in [-0.1, -0.05) is 0 Å². The van der Waals surface area contributed by atoms with Crippen molar-refractivity contribution < 1.29 is 0 Å². The van der Waals surface area contributed by atoms with Gasteiger partial charge in [0.15, 0.2) is 0 Å². The van der Waals surface area contributed by atoms with Gasteiger partial charge in [0.05, 0.1) is 27.6 Å². The molecular weight excluding hydrogens is 280 g/mol. The number of rotatable bonds is 1. The fourth-order valence-electron chi connectivity index (χ4n) is 1.80. The standard InChI is InChI=1S/C12H9BrN4/c13-8-6-16-17(7-8)11-4-3-10-9(12(11)14)2-1-5-15-10/h1-7H,14H2. The smallest absolute Gasteiger partial charge is 0.0883 e. The molecule has 0 aliphatic heterocycles. The predicted octanol–water partition coefficient (Wildman–Crippen LogP) is 2.77. The predicted molar refractivity (Wildman–Crippen MR) is 71.0 cm³/mol. The van der Waals surface area contributed by atoms with E-state index in [0.29, 0.717) is 5.69 Å². The van der Waals surface area contributed by atoms with Crippen molar-refractivity contribution in [2.45, 2.75) is 0 Å². The number of fused-ring (bicyclic) bond motifs is 1. The van der Waals surface area contributed by atoms with E-state index < -0.39 is 0 Å². The van der Waals surface area contributed by atoms with Crippen LogP contribution in [0.3, 0.4) is 0 Å². The average molecular weight is 289 g/mol. The summed E-state index contributed by atoms with van der Waals surface area (Å²) in [5.74, 6) is 0. The number of aromatic nitrogens is 3. The Morgan fingerprint density at radius 1 is 1.24 bits per heavy atom. The van der Waals surface area contributed by atoms with Crippen molar-refractivity contribution in [3.8, 4) is 5.69 Å². The van der Waals surface area contributed by atoms with Gasteiger partial charge >= 0.3 is 0 Å². The van der Waals surface area contributed by atoms with Gasteiger partial charge < -0.3 is 5.73 Å². The highest BCUT2D eigenvalue weighted by atomic mass is 79.9. The third kappa shape index (κ3) is 1.68. The zero-order valence-electron chi connectivity index (χ0n) is 8.84. The molecule has 3 aromatic rings. The van der Waals surface area contributed by atoms with Crippen molar-refractivity contribution in [3.05, 3.63) is 47.3 Å². The Labute approximate surface area is 106 Å². The van der Waals surface area contributed by atoms with Crippen LogP contribution < -0.4 is 5.73 Å². The second-order valence-electron chi connectivity index (χ2n) is 3.67. The van der Waals surface area contributed by atoms with Crippen LogP contribution >= 0.6 is 15.9 Å². The summed E-state index contributed by atoms with van der Waals surface area (Å²) in [5, 5.41) is 5.16. The maximum absolute atomic E-state index is 6.14. The molecule has 5 heteroatoms.